The van der Waals surface area contributed by atoms with Gasteiger partial charge in [-0.2, -0.15) is 5.10 Å². The molecule has 0 aliphatic carbocycles. The number of nitrogens with one attached hydrogen (secondary N) is 2. The number of hydrogen-bond donors (Lipinski definition) is 2. The highest BCUT2D eigenvalue weighted by atomic mass is 35.5. The maximum absolute atomic E-state index is 13.4. The summed E-state index contributed by atoms with van der Waals surface area (Å²) < 4.78 is 31.2. The molecule has 0 saturated carbocycles. The van der Waals surface area contributed by atoms with Gasteiger partial charge < -0.3 is 24.8 Å². The maximum Gasteiger partial charge on any atom is 0.259 e. The van der Waals surface area contributed by atoms with Gasteiger partial charge in [0.15, 0.2) is 18.9 Å². The van der Waals surface area contributed by atoms with E-state index in [9.17, 15) is 14.0 Å². The molecule has 1 fully saturated rings. The van der Waals surface area contributed by atoms with Crippen LogP contribution in [-0.2, 0) is 32.7 Å². The van der Waals surface area contributed by atoms with Crippen molar-refractivity contribution in [3.05, 3.63) is 46.5 Å². The number of nitrogens with zero attached hydrogens (tertiary/aromatic N) is 2. The van der Waals surface area contributed by atoms with Crippen molar-refractivity contribution in [2.75, 3.05) is 19.8 Å². The summed E-state index contributed by atoms with van der Waals surface area (Å²) in [6.45, 7) is 1.85. The Morgan fingerprint density at radius 3 is 2.77 bits per heavy atom. The topological polar surface area (TPSA) is 104 Å². The fraction of sp³-hybridized carbons (Fsp3) is 0.421. The van der Waals surface area contributed by atoms with Gasteiger partial charge in [0.05, 0.1) is 36.2 Å². The second-order valence-corrected chi connectivity index (χ2v) is 7.10. The molecule has 1 aromatic heterocycles. The molecule has 1 aliphatic heterocycles. The number of carbonyl (C=O) groups is 2. The molecule has 2 heterocycles. The van der Waals surface area contributed by atoms with E-state index in [2.05, 4.69) is 15.7 Å². The Kier molecular flexibility index (Phi) is 7.24. The lowest BCUT2D eigenvalue weighted by molar-refractivity contribution is -0.168. The Balaban J connectivity index is 1.37. The average Bonchev–Trinajstić information content (AvgIpc) is 3.04. The zero-order valence-corrected chi connectivity index (χ0v) is 17.2. The van der Waals surface area contributed by atoms with Crippen molar-refractivity contribution in [1.29, 1.82) is 0 Å². The van der Waals surface area contributed by atoms with E-state index in [-0.39, 0.29) is 36.5 Å². The molecule has 30 heavy (non-hydrogen) atoms. The molecule has 11 heteroatoms. The van der Waals surface area contributed by atoms with Crippen molar-refractivity contribution in [3.63, 3.8) is 0 Å². The molecule has 9 nitrogen and oxygen atoms in total. The summed E-state index contributed by atoms with van der Waals surface area (Å²) in [7, 11) is 1.80. The van der Waals surface area contributed by atoms with Gasteiger partial charge in [-0.25, -0.2) is 4.39 Å². The average molecular weight is 441 g/mol. The molecule has 1 aliphatic rings. The Morgan fingerprint density at radius 2 is 2.13 bits per heavy atom. The zero-order chi connectivity index (χ0) is 21.7. The van der Waals surface area contributed by atoms with Crippen molar-refractivity contribution in [1.82, 2.24) is 20.4 Å². The first-order valence-corrected chi connectivity index (χ1v) is 9.57. The van der Waals surface area contributed by atoms with E-state index in [1.54, 1.807) is 11.7 Å². The largest absolute Gasteiger partial charge is 0.484 e. The van der Waals surface area contributed by atoms with Crippen molar-refractivity contribution in [3.8, 4) is 5.75 Å². The Labute approximate surface area is 177 Å². The number of ether oxygens (including phenoxy) is 3. The van der Waals surface area contributed by atoms with Gasteiger partial charge in [0.1, 0.15) is 11.6 Å². The lowest BCUT2D eigenvalue weighted by atomic mass is 10.3. The first kappa shape index (κ1) is 22.0. The summed E-state index contributed by atoms with van der Waals surface area (Å²) in [5, 5.41) is 9.52. The number of benzene rings is 1. The van der Waals surface area contributed by atoms with Crippen molar-refractivity contribution >= 4 is 23.4 Å². The van der Waals surface area contributed by atoms with Gasteiger partial charge in [0, 0.05) is 13.1 Å². The second-order valence-electron chi connectivity index (χ2n) is 6.69. The predicted molar refractivity (Wildman–Crippen MR) is 104 cm³/mol. The van der Waals surface area contributed by atoms with Gasteiger partial charge in [-0.1, -0.05) is 11.6 Å². The number of aryl methyl sites for hydroxylation is 2. The SMILES string of the molecule is Cc1cc(CNC(=O)[C@@H]2CO[C@@H](NC(=O)COc3ccc(Cl)c(F)c3)CO2)n(C)n1. The Bertz CT molecular complexity index is 914. The smallest absolute Gasteiger partial charge is 0.259 e. The molecule has 0 radical (unpaired) electrons. The number of amides is 2. The van der Waals surface area contributed by atoms with E-state index < -0.39 is 24.1 Å². The fourth-order valence-electron chi connectivity index (χ4n) is 2.80. The van der Waals surface area contributed by atoms with Gasteiger partial charge >= 0.3 is 0 Å². The minimum absolute atomic E-state index is 0.00418. The lowest BCUT2D eigenvalue weighted by Gasteiger charge is -2.29. The van der Waals surface area contributed by atoms with Crippen LogP contribution >= 0.6 is 11.6 Å². The molecule has 0 spiro atoms. The first-order chi connectivity index (χ1) is 14.3. The highest BCUT2D eigenvalue weighted by Gasteiger charge is 2.28. The maximum atomic E-state index is 13.4. The predicted octanol–water partition coefficient (Wildman–Crippen LogP) is 1.07. The van der Waals surface area contributed by atoms with Crippen LogP contribution in [0, 0.1) is 12.7 Å². The number of rotatable bonds is 7. The van der Waals surface area contributed by atoms with Crippen LogP contribution < -0.4 is 15.4 Å². The van der Waals surface area contributed by atoms with Gasteiger partial charge in [0.2, 0.25) is 0 Å². The van der Waals surface area contributed by atoms with Crippen molar-refractivity contribution in [2.45, 2.75) is 25.8 Å². The highest BCUT2D eigenvalue weighted by Crippen LogP contribution is 2.20. The van der Waals surface area contributed by atoms with Gasteiger partial charge in [-0.15, -0.1) is 0 Å². The Hall–Kier alpha value is -2.69. The van der Waals surface area contributed by atoms with E-state index in [1.165, 1.54) is 12.1 Å². The van der Waals surface area contributed by atoms with Crippen molar-refractivity contribution < 1.29 is 28.2 Å². The summed E-state index contributed by atoms with van der Waals surface area (Å²) in [5.41, 5.74) is 1.73. The van der Waals surface area contributed by atoms with E-state index in [0.717, 1.165) is 17.5 Å². The quantitative estimate of drug-likeness (QED) is 0.667. The summed E-state index contributed by atoms with van der Waals surface area (Å²) in [5.74, 6) is -1.25. The zero-order valence-electron chi connectivity index (χ0n) is 16.5. The van der Waals surface area contributed by atoms with Gasteiger partial charge in [-0.05, 0) is 25.1 Å². The lowest BCUT2D eigenvalue weighted by Crippen LogP contribution is -2.51. The number of hydrogen-bond acceptors (Lipinski definition) is 6. The summed E-state index contributed by atoms with van der Waals surface area (Å²) in [6.07, 6.45) is -1.49. The van der Waals surface area contributed by atoms with E-state index in [0.29, 0.717) is 6.54 Å². The number of halogens is 2. The summed E-state index contributed by atoms with van der Waals surface area (Å²) in [4.78, 5) is 24.2. The van der Waals surface area contributed by atoms with Crippen LogP contribution in [0.5, 0.6) is 5.75 Å². The normalized spacial score (nSPS) is 18.7. The number of aromatic nitrogens is 2. The van der Waals surface area contributed by atoms with Crippen LogP contribution in [-0.4, -0.2) is 53.7 Å². The third-order valence-corrected chi connectivity index (χ3v) is 4.62. The minimum atomic E-state index is -0.777. The van der Waals surface area contributed by atoms with Crippen LogP contribution in [0.15, 0.2) is 24.3 Å². The highest BCUT2D eigenvalue weighted by molar-refractivity contribution is 6.30. The third-order valence-electron chi connectivity index (χ3n) is 4.32. The molecular weight excluding hydrogens is 419 g/mol. The van der Waals surface area contributed by atoms with E-state index in [4.69, 9.17) is 25.8 Å². The van der Waals surface area contributed by atoms with Gasteiger partial charge in [0.25, 0.3) is 11.8 Å². The van der Waals surface area contributed by atoms with Gasteiger partial charge in [-0.3, -0.25) is 14.3 Å². The molecule has 0 bridgehead atoms. The molecule has 3 rings (SSSR count). The molecule has 1 aromatic carbocycles. The third kappa shape index (κ3) is 5.91. The molecule has 2 amide bonds. The standard InChI is InChI=1S/C19H22ClFN4O5/c1-11-5-12(25(2)24-11)7-22-19(27)16-8-30-18(10-29-16)23-17(26)9-28-13-3-4-14(20)15(21)6-13/h3-6,16,18H,7-10H2,1-2H3,(H,22,27)(H,23,26)/t16-,18+/m0/s1. The first-order valence-electron chi connectivity index (χ1n) is 9.19. The fourth-order valence-corrected chi connectivity index (χ4v) is 2.91. The number of carbonyl (C=O) groups excluding carboxylic acids is 2. The Morgan fingerprint density at radius 1 is 1.33 bits per heavy atom. The molecule has 0 unspecified atom stereocenters. The molecule has 162 valence electrons. The summed E-state index contributed by atoms with van der Waals surface area (Å²) >= 11 is 5.59. The molecule has 2 N–H and O–H groups in total. The van der Waals surface area contributed by atoms with Crippen LogP contribution in [0.1, 0.15) is 11.4 Å². The van der Waals surface area contributed by atoms with Crippen LogP contribution in [0.3, 0.4) is 0 Å². The minimum Gasteiger partial charge on any atom is -0.484 e. The molecular formula is C19H22ClFN4O5. The van der Waals surface area contributed by atoms with Crippen molar-refractivity contribution in [2.24, 2.45) is 7.05 Å². The molecule has 2 aromatic rings. The van der Waals surface area contributed by atoms with E-state index >= 15 is 0 Å². The van der Waals surface area contributed by atoms with Crippen LogP contribution in [0.4, 0.5) is 4.39 Å². The second kappa shape index (κ2) is 9.88. The van der Waals surface area contributed by atoms with E-state index in [1.807, 2.05) is 13.0 Å². The molecule has 1 saturated heterocycles. The van der Waals surface area contributed by atoms with Crippen LogP contribution in [0.2, 0.25) is 5.02 Å². The summed E-state index contributed by atoms with van der Waals surface area (Å²) in [6, 6.07) is 5.76. The van der Waals surface area contributed by atoms with Crippen LogP contribution in [0.25, 0.3) is 0 Å². The molecule has 2 atom stereocenters. The monoisotopic (exact) mass is 440 g/mol.